The molecule has 0 aliphatic heterocycles. The molecule has 0 unspecified atom stereocenters. The molecule has 0 fully saturated rings. The molecule has 1 amide bonds. The summed E-state index contributed by atoms with van der Waals surface area (Å²) in [5.41, 5.74) is 2.38. The van der Waals surface area contributed by atoms with Crippen molar-refractivity contribution >= 4 is 39.4 Å². The summed E-state index contributed by atoms with van der Waals surface area (Å²) in [7, 11) is 1.38. The van der Waals surface area contributed by atoms with Crippen LogP contribution in [0, 0.1) is 20.2 Å². The van der Waals surface area contributed by atoms with Gasteiger partial charge in [0, 0.05) is 10.5 Å². The fourth-order valence-electron chi connectivity index (χ4n) is 2.69. The van der Waals surface area contributed by atoms with E-state index >= 15 is 0 Å². The Labute approximate surface area is 195 Å². The van der Waals surface area contributed by atoms with Crippen LogP contribution in [0.25, 0.3) is 0 Å². The van der Waals surface area contributed by atoms with Gasteiger partial charge in [0.05, 0.1) is 34.8 Å². The van der Waals surface area contributed by atoms with Crippen molar-refractivity contribution in [2.75, 3.05) is 7.11 Å². The van der Waals surface area contributed by atoms with Gasteiger partial charge in [0.15, 0.2) is 11.5 Å². The Morgan fingerprint density at radius 1 is 1.00 bits per heavy atom. The van der Waals surface area contributed by atoms with E-state index in [9.17, 15) is 25.0 Å². The molecule has 3 aromatic rings. The van der Waals surface area contributed by atoms with Crippen LogP contribution in [-0.2, 0) is 0 Å². The second-order valence-electron chi connectivity index (χ2n) is 6.36. The number of hydrogen-bond acceptors (Lipinski definition) is 8. The van der Waals surface area contributed by atoms with Gasteiger partial charge in [-0.3, -0.25) is 25.0 Å². The molecular formula is C21H15BrN4O7. The molecule has 0 bridgehead atoms. The summed E-state index contributed by atoms with van der Waals surface area (Å²) < 4.78 is 11.5. The van der Waals surface area contributed by atoms with E-state index in [1.807, 2.05) is 0 Å². The van der Waals surface area contributed by atoms with Crippen LogP contribution in [-0.4, -0.2) is 29.1 Å². The molecule has 0 atom stereocenters. The average molecular weight is 515 g/mol. The van der Waals surface area contributed by atoms with E-state index in [2.05, 4.69) is 26.5 Å². The summed E-state index contributed by atoms with van der Waals surface area (Å²) in [4.78, 5) is 32.9. The number of nitrogens with zero attached hydrogens (tertiary/aromatic N) is 3. The fraction of sp³-hybridized carbons (Fsp3) is 0.0476. The zero-order valence-corrected chi connectivity index (χ0v) is 18.5. The van der Waals surface area contributed by atoms with E-state index in [0.29, 0.717) is 15.6 Å². The van der Waals surface area contributed by atoms with Crippen LogP contribution < -0.4 is 14.9 Å². The second kappa shape index (κ2) is 10.3. The number of carbonyl (C=O) groups is 1. The number of ether oxygens (including phenoxy) is 2. The normalized spacial score (nSPS) is 10.6. The molecular weight excluding hydrogens is 500 g/mol. The van der Waals surface area contributed by atoms with Gasteiger partial charge in [0.1, 0.15) is 0 Å². The number of nitro groups is 2. The molecule has 0 spiro atoms. The number of nitro benzene ring substituents is 2. The Hall–Kier alpha value is -4.32. The van der Waals surface area contributed by atoms with Gasteiger partial charge in [0.2, 0.25) is 5.75 Å². The second-order valence-corrected chi connectivity index (χ2v) is 7.21. The minimum Gasteiger partial charge on any atom is -0.493 e. The standard InChI is InChI=1S/C21H15BrN4O7/c1-32-20-10-13(12-23-24-21(27)15-4-2-3-5-16(15)22)6-8-19(20)33-18-9-7-14(25(28)29)11-17(18)26(30)31/h2-12H,1H3,(H,24,27)/b23-12+. The van der Waals surface area contributed by atoms with Gasteiger partial charge in [-0.15, -0.1) is 0 Å². The number of hydrazone groups is 1. The van der Waals surface area contributed by atoms with Gasteiger partial charge in [0.25, 0.3) is 11.6 Å². The van der Waals surface area contributed by atoms with Crippen LogP contribution in [0.3, 0.4) is 0 Å². The highest BCUT2D eigenvalue weighted by Gasteiger charge is 2.22. The number of rotatable bonds is 8. The van der Waals surface area contributed by atoms with E-state index in [0.717, 1.165) is 18.2 Å². The number of methoxy groups -OCH3 is 1. The highest BCUT2D eigenvalue weighted by Crippen LogP contribution is 2.38. The number of nitrogens with one attached hydrogen (secondary N) is 1. The van der Waals surface area contributed by atoms with Crippen molar-refractivity contribution in [2.45, 2.75) is 0 Å². The monoisotopic (exact) mass is 514 g/mol. The highest BCUT2D eigenvalue weighted by molar-refractivity contribution is 9.10. The Morgan fingerprint density at radius 2 is 1.73 bits per heavy atom. The predicted molar refractivity (Wildman–Crippen MR) is 122 cm³/mol. The van der Waals surface area contributed by atoms with Crippen molar-refractivity contribution in [3.05, 3.63) is 96.5 Å². The van der Waals surface area contributed by atoms with E-state index in [-0.39, 0.29) is 17.2 Å². The summed E-state index contributed by atoms with van der Waals surface area (Å²) >= 11 is 3.29. The lowest BCUT2D eigenvalue weighted by atomic mass is 10.2. The van der Waals surface area contributed by atoms with Crippen molar-refractivity contribution in [2.24, 2.45) is 5.10 Å². The number of carbonyl (C=O) groups excluding carboxylic acids is 1. The van der Waals surface area contributed by atoms with E-state index < -0.39 is 27.1 Å². The zero-order chi connectivity index (χ0) is 24.0. The third-order valence-electron chi connectivity index (χ3n) is 4.26. The summed E-state index contributed by atoms with van der Waals surface area (Å²) in [6.45, 7) is 0. The number of hydrogen-bond donors (Lipinski definition) is 1. The minimum absolute atomic E-state index is 0.142. The van der Waals surface area contributed by atoms with Crippen LogP contribution in [0.4, 0.5) is 11.4 Å². The van der Waals surface area contributed by atoms with Crippen molar-refractivity contribution in [3.63, 3.8) is 0 Å². The average Bonchev–Trinajstić information content (AvgIpc) is 2.80. The molecule has 0 heterocycles. The molecule has 33 heavy (non-hydrogen) atoms. The Balaban J connectivity index is 1.78. The van der Waals surface area contributed by atoms with Crippen molar-refractivity contribution in [3.8, 4) is 17.2 Å². The first kappa shape index (κ1) is 23.3. The largest absolute Gasteiger partial charge is 0.493 e. The molecule has 0 radical (unpaired) electrons. The maximum atomic E-state index is 12.2. The van der Waals surface area contributed by atoms with Crippen LogP contribution >= 0.6 is 15.9 Å². The number of benzene rings is 3. The minimum atomic E-state index is -0.774. The SMILES string of the molecule is COc1cc(/C=N/NC(=O)c2ccccc2Br)ccc1Oc1ccc([N+](=O)[O-])cc1[N+](=O)[O-]. The van der Waals surface area contributed by atoms with Crippen molar-refractivity contribution in [1.29, 1.82) is 0 Å². The van der Waals surface area contributed by atoms with Crippen molar-refractivity contribution in [1.82, 2.24) is 5.43 Å². The van der Waals surface area contributed by atoms with Crippen LogP contribution in [0.2, 0.25) is 0 Å². The Morgan fingerprint density at radius 3 is 2.39 bits per heavy atom. The van der Waals surface area contributed by atoms with Crippen LogP contribution in [0.5, 0.6) is 17.2 Å². The van der Waals surface area contributed by atoms with Gasteiger partial charge in [-0.2, -0.15) is 5.10 Å². The summed E-state index contributed by atoms with van der Waals surface area (Å²) in [5, 5.41) is 26.1. The third kappa shape index (κ3) is 5.68. The first-order chi connectivity index (χ1) is 15.8. The molecule has 0 aliphatic rings. The number of non-ortho nitro benzene ring substituents is 1. The Kier molecular flexibility index (Phi) is 7.31. The lowest BCUT2D eigenvalue weighted by Gasteiger charge is -2.11. The maximum Gasteiger partial charge on any atom is 0.318 e. The predicted octanol–water partition coefficient (Wildman–Crippen LogP) is 4.83. The first-order valence-corrected chi connectivity index (χ1v) is 9.96. The van der Waals surface area contributed by atoms with Gasteiger partial charge < -0.3 is 9.47 Å². The molecule has 11 nitrogen and oxygen atoms in total. The maximum absolute atomic E-state index is 12.2. The quantitative estimate of drug-likeness (QED) is 0.257. The van der Waals surface area contributed by atoms with E-state index in [1.54, 1.807) is 36.4 Å². The lowest BCUT2D eigenvalue weighted by molar-refractivity contribution is -0.394. The topological polar surface area (TPSA) is 146 Å². The van der Waals surface area contributed by atoms with Crippen LogP contribution in [0.1, 0.15) is 15.9 Å². The lowest BCUT2D eigenvalue weighted by Crippen LogP contribution is -2.18. The fourth-order valence-corrected chi connectivity index (χ4v) is 3.15. The van der Waals surface area contributed by atoms with Gasteiger partial charge >= 0.3 is 5.69 Å². The zero-order valence-electron chi connectivity index (χ0n) is 16.9. The van der Waals surface area contributed by atoms with E-state index in [1.165, 1.54) is 19.4 Å². The first-order valence-electron chi connectivity index (χ1n) is 9.17. The molecule has 0 aliphatic carbocycles. The van der Waals surface area contributed by atoms with Gasteiger partial charge in [-0.05, 0) is 57.9 Å². The van der Waals surface area contributed by atoms with Gasteiger partial charge in [-0.1, -0.05) is 12.1 Å². The molecule has 12 heteroatoms. The number of amides is 1. The Bertz CT molecular complexity index is 1260. The third-order valence-corrected chi connectivity index (χ3v) is 4.95. The van der Waals surface area contributed by atoms with Crippen molar-refractivity contribution < 1.29 is 24.1 Å². The highest BCUT2D eigenvalue weighted by atomic mass is 79.9. The molecule has 168 valence electrons. The van der Waals surface area contributed by atoms with E-state index in [4.69, 9.17) is 9.47 Å². The molecule has 1 N–H and O–H groups in total. The summed E-state index contributed by atoms with van der Waals surface area (Å²) in [5.74, 6) is -0.227. The molecule has 0 saturated carbocycles. The van der Waals surface area contributed by atoms with Gasteiger partial charge in [-0.25, -0.2) is 5.43 Å². The molecule has 3 rings (SSSR count). The number of halogens is 1. The smallest absolute Gasteiger partial charge is 0.318 e. The molecule has 0 aromatic heterocycles. The summed E-state index contributed by atoms with van der Waals surface area (Å²) in [6, 6.07) is 14.6. The summed E-state index contributed by atoms with van der Waals surface area (Å²) in [6.07, 6.45) is 1.38. The molecule has 0 saturated heterocycles. The van der Waals surface area contributed by atoms with Crippen LogP contribution in [0.15, 0.2) is 70.2 Å². The molecule has 3 aromatic carbocycles.